The zero-order valence-electron chi connectivity index (χ0n) is 20.8. The Balaban J connectivity index is 0.000000448. The molecular formula is C26H26F3N5O5. The number of nitrogens with zero attached hydrogens (tertiary/aromatic N) is 5. The highest BCUT2D eigenvalue weighted by atomic mass is 19.4. The summed E-state index contributed by atoms with van der Waals surface area (Å²) in [6, 6.07) is 13.4. The first kappa shape index (κ1) is 27.7. The smallest absolute Gasteiger partial charge is 0.475 e. The Morgan fingerprint density at radius 2 is 1.54 bits per heavy atom. The molecule has 10 nitrogen and oxygen atoms in total. The van der Waals surface area contributed by atoms with Crippen LogP contribution in [0.3, 0.4) is 0 Å². The molecule has 0 radical (unpaired) electrons. The minimum Gasteiger partial charge on any atom is -0.475 e. The molecule has 2 aromatic heterocycles. The van der Waals surface area contributed by atoms with Crippen LogP contribution in [0.5, 0.6) is 0 Å². The molecule has 4 heterocycles. The molecule has 2 aliphatic rings. The minimum absolute atomic E-state index is 0.121. The standard InChI is InChI=1S/C24H25N5O3.C2HF3O2/c30-20(15-18-5-2-1-3-6-18)27-12-8-24(9-13-27)10-14-28-21(31)22(32)29(26-23(24)28)17-19-7-4-11-25-16-19;3-2(4,5)1(6)7/h1-7,11,16H,8-10,12-15,17H2;(H,6,7). The molecule has 0 aliphatic carbocycles. The molecule has 1 fully saturated rings. The topological polar surface area (TPSA) is 127 Å². The van der Waals surface area contributed by atoms with E-state index >= 15 is 0 Å². The fraction of sp³-hybridized carbons (Fsp3) is 0.385. The average molecular weight is 546 g/mol. The van der Waals surface area contributed by atoms with Crippen LogP contribution in [0.1, 0.15) is 36.2 Å². The third-order valence-corrected chi connectivity index (χ3v) is 6.99. The summed E-state index contributed by atoms with van der Waals surface area (Å²) in [6.07, 6.45) is 0.903. The first-order valence-corrected chi connectivity index (χ1v) is 12.2. The Morgan fingerprint density at radius 1 is 0.923 bits per heavy atom. The molecule has 1 aromatic carbocycles. The van der Waals surface area contributed by atoms with Gasteiger partial charge in [-0.05, 0) is 36.5 Å². The molecule has 206 valence electrons. The van der Waals surface area contributed by atoms with Gasteiger partial charge in [0.1, 0.15) is 5.82 Å². The molecule has 13 heteroatoms. The summed E-state index contributed by atoms with van der Waals surface area (Å²) in [7, 11) is 0. The van der Waals surface area contributed by atoms with Gasteiger partial charge in [0, 0.05) is 37.4 Å². The average Bonchev–Trinajstić information content (AvgIpc) is 3.26. The first-order chi connectivity index (χ1) is 18.5. The quantitative estimate of drug-likeness (QED) is 0.497. The third-order valence-electron chi connectivity index (χ3n) is 6.99. The molecule has 39 heavy (non-hydrogen) atoms. The second-order valence-corrected chi connectivity index (χ2v) is 9.48. The summed E-state index contributed by atoms with van der Waals surface area (Å²) in [5, 5.41) is 11.8. The third kappa shape index (κ3) is 6.24. The van der Waals surface area contributed by atoms with Gasteiger partial charge in [-0.2, -0.15) is 18.3 Å². The molecule has 0 atom stereocenters. The summed E-state index contributed by atoms with van der Waals surface area (Å²) in [4.78, 5) is 53.1. The number of carboxylic acid groups (broad SMARTS) is 1. The summed E-state index contributed by atoms with van der Waals surface area (Å²) in [6.45, 7) is 1.97. The molecule has 2 aliphatic heterocycles. The second kappa shape index (κ2) is 11.2. The molecule has 1 amide bonds. The number of amides is 1. The number of fused-ring (bicyclic) bond motifs is 2. The lowest BCUT2D eigenvalue weighted by Crippen LogP contribution is -2.48. The maximum Gasteiger partial charge on any atom is 0.490 e. The lowest BCUT2D eigenvalue weighted by molar-refractivity contribution is -0.192. The van der Waals surface area contributed by atoms with Gasteiger partial charge in [0.05, 0.1) is 13.0 Å². The fourth-order valence-corrected chi connectivity index (χ4v) is 4.88. The molecule has 0 saturated carbocycles. The van der Waals surface area contributed by atoms with Gasteiger partial charge < -0.3 is 10.0 Å². The van der Waals surface area contributed by atoms with E-state index in [1.165, 1.54) is 4.68 Å². The van der Waals surface area contributed by atoms with Crippen molar-refractivity contribution in [1.29, 1.82) is 0 Å². The number of carbonyl (C=O) groups is 2. The van der Waals surface area contributed by atoms with E-state index in [0.717, 1.165) is 30.4 Å². The molecule has 1 saturated heterocycles. The predicted octanol–water partition coefficient (Wildman–Crippen LogP) is 1.99. The van der Waals surface area contributed by atoms with Crippen LogP contribution in [-0.2, 0) is 34.5 Å². The van der Waals surface area contributed by atoms with E-state index in [-0.39, 0.29) is 17.9 Å². The first-order valence-electron chi connectivity index (χ1n) is 12.2. The monoisotopic (exact) mass is 545 g/mol. The van der Waals surface area contributed by atoms with E-state index in [9.17, 15) is 27.6 Å². The largest absolute Gasteiger partial charge is 0.490 e. The van der Waals surface area contributed by atoms with Gasteiger partial charge in [-0.25, -0.2) is 9.48 Å². The summed E-state index contributed by atoms with van der Waals surface area (Å²) < 4.78 is 34.6. The predicted molar refractivity (Wildman–Crippen MR) is 132 cm³/mol. The number of alkyl halides is 3. The number of carboxylic acids is 1. The van der Waals surface area contributed by atoms with Crippen molar-refractivity contribution in [2.75, 3.05) is 13.1 Å². The number of aliphatic carboxylic acids is 1. The highest BCUT2D eigenvalue weighted by Gasteiger charge is 2.45. The van der Waals surface area contributed by atoms with Gasteiger partial charge in [-0.1, -0.05) is 36.4 Å². The lowest BCUT2D eigenvalue weighted by atomic mass is 9.76. The molecule has 3 aromatic rings. The van der Waals surface area contributed by atoms with Crippen LogP contribution >= 0.6 is 0 Å². The van der Waals surface area contributed by atoms with Gasteiger partial charge in [0.2, 0.25) is 5.91 Å². The minimum atomic E-state index is -5.08. The Labute approximate surface area is 220 Å². The normalized spacial score (nSPS) is 15.8. The Hall–Kier alpha value is -4.29. The number of rotatable bonds is 4. The van der Waals surface area contributed by atoms with Crippen LogP contribution in [0.15, 0.2) is 64.4 Å². The Morgan fingerprint density at radius 3 is 2.13 bits per heavy atom. The number of carbonyl (C=O) groups excluding carboxylic acids is 1. The zero-order valence-corrected chi connectivity index (χ0v) is 20.8. The van der Waals surface area contributed by atoms with Gasteiger partial charge in [-0.15, -0.1) is 0 Å². The number of pyridine rings is 1. The van der Waals surface area contributed by atoms with E-state index in [2.05, 4.69) is 10.1 Å². The van der Waals surface area contributed by atoms with E-state index in [0.29, 0.717) is 31.9 Å². The summed E-state index contributed by atoms with van der Waals surface area (Å²) in [5.41, 5.74) is 0.438. The SMILES string of the molecule is O=C(Cc1ccccc1)N1CCC2(CC1)CCn1c2nn(Cc2cccnc2)c(=O)c1=O.O=C(O)C(F)(F)F. The summed E-state index contributed by atoms with van der Waals surface area (Å²) in [5.74, 6) is -1.95. The van der Waals surface area contributed by atoms with Crippen molar-refractivity contribution in [1.82, 2.24) is 24.2 Å². The zero-order chi connectivity index (χ0) is 28.2. The van der Waals surface area contributed by atoms with Crippen molar-refractivity contribution < 1.29 is 27.9 Å². The van der Waals surface area contributed by atoms with Crippen molar-refractivity contribution >= 4 is 11.9 Å². The maximum atomic E-state index is 12.8. The van der Waals surface area contributed by atoms with E-state index in [4.69, 9.17) is 9.90 Å². The van der Waals surface area contributed by atoms with Crippen molar-refractivity contribution in [2.24, 2.45) is 0 Å². The van der Waals surface area contributed by atoms with Crippen LogP contribution in [0.2, 0.25) is 0 Å². The van der Waals surface area contributed by atoms with E-state index < -0.39 is 23.3 Å². The van der Waals surface area contributed by atoms with Crippen molar-refractivity contribution in [3.8, 4) is 0 Å². The number of benzene rings is 1. The highest BCUT2D eigenvalue weighted by Crippen LogP contribution is 2.41. The highest BCUT2D eigenvalue weighted by molar-refractivity contribution is 5.79. The van der Waals surface area contributed by atoms with E-state index in [1.807, 2.05) is 41.3 Å². The lowest BCUT2D eigenvalue weighted by Gasteiger charge is -2.38. The fourth-order valence-electron chi connectivity index (χ4n) is 4.88. The van der Waals surface area contributed by atoms with Crippen molar-refractivity contribution in [3.63, 3.8) is 0 Å². The number of halogens is 3. The van der Waals surface area contributed by atoms with Crippen LogP contribution in [0.25, 0.3) is 0 Å². The van der Waals surface area contributed by atoms with Crippen LogP contribution < -0.4 is 11.1 Å². The van der Waals surface area contributed by atoms with Crippen LogP contribution in [0.4, 0.5) is 13.2 Å². The Bertz CT molecular complexity index is 1450. The molecule has 1 spiro atoms. The van der Waals surface area contributed by atoms with Crippen LogP contribution in [-0.4, -0.2) is 60.5 Å². The van der Waals surface area contributed by atoms with Gasteiger partial charge >= 0.3 is 23.3 Å². The van der Waals surface area contributed by atoms with Crippen LogP contribution in [0, 0.1) is 0 Å². The molecular weight excluding hydrogens is 519 g/mol. The number of hydrogen-bond acceptors (Lipinski definition) is 6. The molecule has 5 rings (SSSR count). The maximum absolute atomic E-state index is 12.8. The number of likely N-dealkylation sites (tertiary alicyclic amines) is 1. The molecule has 0 bridgehead atoms. The van der Waals surface area contributed by atoms with E-state index in [1.54, 1.807) is 23.0 Å². The molecule has 0 unspecified atom stereocenters. The van der Waals surface area contributed by atoms with Gasteiger partial charge in [0.25, 0.3) is 0 Å². The number of piperidine rings is 1. The van der Waals surface area contributed by atoms with Gasteiger partial charge in [0.15, 0.2) is 0 Å². The second-order valence-electron chi connectivity index (χ2n) is 9.48. The number of hydrogen-bond donors (Lipinski definition) is 1. The number of aromatic nitrogens is 4. The summed E-state index contributed by atoms with van der Waals surface area (Å²) >= 11 is 0. The van der Waals surface area contributed by atoms with Crippen molar-refractivity contribution in [2.45, 2.75) is 50.4 Å². The molecule has 1 N–H and O–H groups in total. The Kier molecular flexibility index (Phi) is 7.98. The van der Waals surface area contributed by atoms with Gasteiger partial charge in [-0.3, -0.25) is 23.9 Å². The van der Waals surface area contributed by atoms with Crippen molar-refractivity contribution in [3.05, 3.63) is 92.5 Å².